The third-order valence-electron chi connectivity index (χ3n) is 3.51. The van der Waals surface area contributed by atoms with E-state index in [1.807, 2.05) is 31.2 Å². The van der Waals surface area contributed by atoms with E-state index in [1.165, 1.54) is 6.33 Å². The molecule has 0 spiro atoms. The Morgan fingerprint density at radius 1 is 1.00 bits per heavy atom. The van der Waals surface area contributed by atoms with Crippen LogP contribution in [0.3, 0.4) is 0 Å². The Morgan fingerprint density at radius 2 is 1.69 bits per heavy atom. The number of halogens is 2. The minimum Gasteiger partial charge on any atom is -0.492 e. The van der Waals surface area contributed by atoms with Gasteiger partial charge in [0, 0.05) is 5.02 Å². The highest BCUT2D eigenvalue weighted by molar-refractivity contribution is 6.35. The second kappa shape index (κ2) is 8.12. The van der Waals surface area contributed by atoms with Gasteiger partial charge in [-0.15, -0.1) is 0 Å². The molecule has 0 saturated carbocycles. The fourth-order valence-electron chi connectivity index (χ4n) is 2.29. The lowest BCUT2D eigenvalue weighted by Gasteiger charge is -2.15. The zero-order chi connectivity index (χ0) is 18.5. The molecule has 0 aliphatic carbocycles. The molecular formula is C18H17Cl2N5O. The molecule has 26 heavy (non-hydrogen) atoms. The Kier molecular flexibility index (Phi) is 5.65. The lowest BCUT2D eigenvalue weighted by molar-refractivity contribution is 0.342. The first-order valence-corrected chi connectivity index (χ1v) is 8.65. The molecule has 1 heterocycles. The Hall–Kier alpha value is -2.70. The minimum atomic E-state index is 0.342. The molecule has 0 aliphatic heterocycles. The van der Waals surface area contributed by atoms with Crippen molar-refractivity contribution in [3.05, 3.63) is 58.8 Å². The monoisotopic (exact) mass is 389 g/mol. The van der Waals surface area contributed by atoms with Crippen LogP contribution in [0.25, 0.3) is 0 Å². The second-order valence-electron chi connectivity index (χ2n) is 5.29. The van der Waals surface area contributed by atoms with Gasteiger partial charge in [-0.2, -0.15) is 0 Å². The van der Waals surface area contributed by atoms with Crippen LogP contribution in [0.1, 0.15) is 6.92 Å². The number of rotatable bonds is 6. The number of hydrogen-bond acceptors (Lipinski definition) is 6. The highest BCUT2D eigenvalue weighted by atomic mass is 35.5. The number of anilines is 5. The topological polar surface area (TPSA) is 85.1 Å². The number of nitrogens with zero attached hydrogens (tertiary/aromatic N) is 2. The third-order valence-corrected chi connectivity index (χ3v) is 4.07. The summed E-state index contributed by atoms with van der Waals surface area (Å²) in [6, 6.07) is 12.6. The summed E-state index contributed by atoms with van der Waals surface area (Å²) >= 11 is 12.2. The van der Waals surface area contributed by atoms with E-state index in [1.54, 1.807) is 18.2 Å². The molecule has 1 aromatic heterocycles. The number of nitrogens with two attached hydrogens (primary N) is 1. The van der Waals surface area contributed by atoms with Gasteiger partial charge in [-0.25, -0.2) is 9.97 Å². The van der Waals surface area contributed by atoms with E-state index in [-0.39, 0.29) is 0 Å². The first-order valence-electron chi connectivity index (χ1n) is 7.90. The number of ether oxygens (including phenoxy) is 1. The van der Waals surface area contributed by atoms with E-state index >= 15 is 0 Å². The quantitative estimate of drug-likeness (QED) is 0.533. The summed E-state index contributed by atoms with van der Waals surface area (Å²) in [4.78, 5) is 8.40. The van der Waals surface area contributed by atoms with Gasteiger partial charge in [0.25, 0.3) is 0 Å². The van der Waals surface area contributed by atoms with E-state index < -0.39 is 0 Å². The summed E-state index contributed by atoms with van der Waals surface area (Å²) in [7, 11) is 0. The van der Waals surface area contributed by atoms with Gasteiger partial charge in [-0.3, -0.25) is 0 Å². The average molecular weight is 390 g/mol. The van der Waals surface area contributed by atoms with Crippen LogP contribution in [0.5, 0.6) is 5.75 Å². The number of nitrogens with one attached hydrogen (secondary N) is 2. The van der Waals surface area contributed by atoms with Crippen LogP contribution in [0.15, 0.2) is 48.8 Å². The first-order chi connectivity index (χ1) is 12.6. The number of para-hydroxylation sites is 2. The summed E-state index contributed by atoms with van der Waals surface area (Å²) in [6.07, 6.45) is 1.41. The smallest absolute Gasteiger partial charge is 0.159 e. The molecule has 0 saturated heterocycles. The highest BCUT2D eigenvalue weighted by Gasteiger charge is 2.12. The van der Waals surface area contributed by atoms with Crippen molar-refractivity contribution in [2.75, 3.05) is 23.0 Å². The SMILES string of the molecule is CCOc1ccccc1Nc1ncnc(Nc2cc(Cl)ccc2Cl)c1N. The molecule has 6 nitrogen and oxygen atoms in total. The van der Waals surface area contributed by atoms with Crippen molar-refractivity contribution in [2.24, 2.45) is 0 Å². The van der Waals surface area contributed by atoms with Crippen molar-refractivity contribution in [3.63, 3.8) is 0 Å². The molecule has 0 unspecified atom stereocenters. The van der Waals surface area contributed by atoms with Crippen molar-refractivity contribution < 1.29 is 4.74 Å². The standard InChI is InChI=1S/C18H17Cl2N5O/c1-2-26-15-6-4-3-5-13(15)24-17-16(21)18(23-10-22-17)25-14-9-11(19)7-8-12(14)20/h3-10H,2,21H2,1H3,(H2,22,23,24,25). The summed E-state index contributed by atoms with van der Waals surface area (Å²) in [5.74, 6) is 1.58. The summed E-state index contributed by atoms with van der Waals surface area (Å²) < 4.78 is 5.61. The molecule has 2 aromatic carbocycles. The van der Waals surface area contributed by atoms with E-state index in [2.05, 4.69) is 20.6 Å². The van der Waals surface area contributed by atoms with Crippen LogP contribution in [0.2, 0.25) is 10.0 Å². The molecule has 134 valence electrons. The van der Waals surface area contributed by atoms with E-state index in [0.29, 0.717) is 45.4 Å². The van der Waals surface area contributed by atoms with Crippen LogP contribution in [0.4, 0.5) is 28.7 Å². The molecule has 3 aromatic rings. The maximum Gasteiger partial charge on any atom is 0.159 e. The number of nitrogen functional groups attached to an aromatic ring is 1. The molecule has 3 rings (SSSR count). The van der Waals surface area contributed by atoms with Gasteiger partial charge in [0.05, 0.1) is 23.0 Å². The number of hydrogen-bond donors (Lipinski definition) is 3. The van der Waals surface area contributed by atoms with Crippen LogP contribution >= 0.6 is 23.2 Å². The minimum absolute atomic E-state index is 0.342. The molecule has 0 bridgehead atoms. The maximum absolute atomic E-state index is 6.22. The highest BCUT2D eigenvalue weighted by Crippen LogP contribution is 2.34. The van der Waals surface area contributed by atoms with Crippen molar-refractivity contribution in [3.8, 4) is 5.75 Å². The molecular weight excluding hydrogens is 373 g/mol. The molecule has 0 amide bonds. The van der Waals surface area contributed by atoms with Gasteiger partial charge in [-0.05, 0) is 37.3 Å². The molecule has 0 aliphatic rings. The maximum atomic E-state index is 6.22. The van der Waals surface area contributed by atoms with Gasteiger partial charge in [0.15, 0.2) is 11.6 Å². The van der Waals surface area contributed by atoms with Gasteiger partial charge in [0.1, 0.15) is 17.8 Å². The fourth-order valence-corrected chi connectivity index (χ4v) is 2.63. The largest absolute Gasteiger partial charge is 0.492 e. The Balaban J connectivity index is 1.89. The van der Waals surface area contributed by atoms with Crippen LogP contribution in [-0.4, -0.2) is 16.6 Å². The van der Waals surface area contributed by atoms with Crippen molar-refractivity contribution in [1.82, 2.24) is 9.97 Å². The Morgan fingerprint density at radius 3 is 2.42 bits per heavy atom. The zero-order valence-electron chi connectivity index (χ0n) is 14.0. The Labute approximate surface area is 161 Å². The lowest BCUT2D eigenvalue weighted by atomic mass is 10.2. The first kappa shape index (κ1) is 18.1. The number of benzene rings is 2. The van der Waals surface area contributed by atoms with E-state index in [0.717, 1.165) is 5.69 Å². The molecule has 0 fully saturated rings. The Bertz CT molecular complexity index is 920. The third kappa shape index (κ3) is 4.09. The van der Waals surface area contributed by atoms with Crippen LogP contribution in [0, 0.1) is 0 Å². The fraction of sp³-hybridized carbons (Fsp3) is 0.111. The lowest BCUT2D eigenvalue weighted by Crippen LogP contribution is -2.06. The zero-order valence-corrected chi connectivity index (χ0v) is 15.5. The normalized spacial score (nSPS) is 10.4. The predicted molar refractivity (Wildman–Crippen MR) is 107 cm³/mol. The summed E-state index contributed by atoms with van der Waals surface area (Å²) in [6.45, 7) is 2.48. The molecule has 4 N–H and O–H groups in total. The number of aromatic nitrogens is 2. The van der Waals surface area contributed by atoms with Gasteiger partial charge < -0.3 is 21.1 Å². The van der Waals surface area contributed by atoms with Gasteiger partial charge in [0.2, 0.25) is 0 Å². The van der Waals surface area contributed by atoms with E-state index in [4.69, 9.17) is 33.7 Å². The van der Waals surface area contributed by atoms with Crippen molar-refractivity contribution >= 4 is 51.9 Å². The summed E-state index contributed by atoms with van der Waals surface area (Å²) in [5.41, 5.74) is 7.92. The van der Waals surface area contributed by atoms with Crippen molar-refractivity contribution in [2.45, 2.75) is 6.92 Å². The van der Waals surface area contributed by atoms with Gasteiger partial charge in [-0.1, -0.05) is 35.3 Å². The van der Waals surface area contributed by atoms with Crippen molar-refractivity contribution in [1.29, 1.82) is 0 Å². The molecule has 8 heteroatoms. The van der Waals surface area contributed by atoms with Crippen LogP contribution < -0.4 is 21.1 Å². The second-order valence-corrected chi connectivity index (χ2v) is 6.13. The van der Waals surface area contributed by atoms with Crippen LogP contribution in [-0.2, 0) is 0 Å². The van der Waals surface area contributed by atoms with Gasteiger partial charge >= 0.3 is 0 Å². The molecule has 0 atom stereocenters. The average Bonchev–Trinajstić information content (AvgIpc) is 2.63. The predicted octanol–water partition coefficient (Wildman–Crippen LogP) is 5.25. The summed E-state index contributed by atoms with van der Waals surface area (Å²) in [5, 5.41) is 7.31. The molecule has 0 radical (unpaired) electrons. The van der Waals surface area contributed by atoms with E-state index in [9.17, 15) is 0 Å².